The molecule has 2 aliphatic heterocycles. The number of fused-ring (bicyclic) bond motifs is 3. The number of amides is 2. The van der Waals surface area contributed by atoms with E-state index in [0.29, 0.717) is 48.7 Å². The minimum atomic E-state index is -3.61. The number of anilines is 1. The maximum atomic E-state index is 14.8. The van der Waals surface area contributed by atoms with Gasteiger partial charge in [-0.25, -0.2) is 4.21 Å². The Kier molecular flexibility index (Phi) is 11.3. The summed E-state index contributed by atoms with van der Waals surface area (Å²) in [4.78, 5) is 29.8. The molecule has 2 aromatic carbocycles. The van der Waals surface area contributed by atoms with E-state index in [1.54, 1.807) is 31.0 Å². The molecule has 1 unspecified atom stereocenters. The van der Waals surface area contributed by atoms with Crippen molar-refractivity contribution in [3.8, 4) is 5.75 Å². The van der Waals surface area contributed by atoms with E-state index in [1.807, 2.05) is 32.0 Å². The van der Waals surface area contributed by atoms with E-state index >= 15 is 0 Å². The molecule has 1 N–H and O–H groups in total. The van der Waals surface area contributed by atoms with Crippen LogP contribution in [0, 0.1) is 17.8 Å². The second-order valence-electron chi connectivity index (χ2n) is 13.8. The van der Waals surface area contributed by atoms with Crippen LogP contribution in [0.2, 0.25) is 5.02 Å². The van der Waals surface area contributed by atoms with E-state index in [1.165, 1.54) is 17.3 Å². The summed E-state index contributed by atoms with van der Waals surface area (Å²) in [5.74, 6) is -0.0734. The van der Waals surface area contributed by atoms with Gasteiger partial charge < -0.3 is 14.4 Å². The first-order valence-corrected chi connectivity index (χ1v) is 19.7. The summed E-state index contributed by atoms with van der Waals surface area (Å²) in [5.41, 5.74) is 3.69. The minimum absolute atomic E-state index is 0.0772. The van der Waals surface area contributed by atoms with Crippen molar-refractivity contribution in [2.75, 3.05) is 25.2 Å². The van der Waals surface area contributed by atoms with Crippen LogP contribution in [0.3, 0.4) is 0 Å². The summed E-state index contributed by atoms with van der Waals surface area (Å²) in [6.07, 6.45) is 12.5. The van der Waals surface area contributed by atoms with Crippen LogP contribution in [0.4, 0.5) is 5.69 Å². The zero-order chi connectivity index (χ0) is 35.4. The van der Waals surface area contributed by atoms with Crippen molar-refractivity contribution in [1.82, 2.24) is 14.5 Å². The van der Waals surface area contributed by atoms with Crippen LogP contribution < -0.4 is 14.4 Å². The number of nitrogens with one attached hydrogen (secondary N) is 1. The van der Waals surface area contributed by atoms with E-state index in [0.717, 1.165) is 44.3 Å². The molecule has 1 aromatic heterocycles. The Labute approximate surface area is 300 Å². The van der Waals surface area contributed by atoms with Crippen molar-refractivity contribution in [3.63, 3.8) is 0 Å². The van der Waals surface area contributed by atoms with E-state index in [4.69, 9.17) is 21.1 Å². The Morgan fingerprint density at radius 3 is 2.72 bits per heavy atom. The molecule has 268 valence electrons. The molecule has 3 aliphatic rings. The van der Waals surface area contributed by atoms with Crippen LogP contribution >= 0.6 is 11.6 Å². The Morgan fingerprint density at radius 1 is 1.14 bits per heavy atom. The highest BCUT2D eigenvalue weighted by Crippen LogP contribution is 2.42. The van der Waals surface area contributed by atoms with Gasteiger partial charge in [-0.15, -0.1) is 4.36 Å². The highest BCUT2D eigenvalue weighted by Gasteiger charge is 2.38. The normalized spacial score (nSPS) is 28.1. The third-order valence-corrected chi connectivity index (χ3v) is 13.2. The molecule has 12 heteroatoms. The Bertz CT molecular complexity index is 1870. The number of aryl methyl sites for hydroxylation is 2. The van der Waals surface area contributed by atoms with Gasteiger partial charge in [-0.2, -0.15) is 5.10 Å². The van der Waals surface area contributed by atoms with Gasteiger partial charge in [-0.05, 0) is 112 Å². The summed E-state index contributed by atoms with van der Waals surface area (Å²) >= 11 is 6.47. The van der Waals surface area contributed by atoms with Crippen LogP contribution in [0.5, 0.6) is 5.75 Å². The van der Waals surface area contributed by atoms with Crippen molar-refractivity contribution in [2.45, 2.75) is 83.7 Å². The van der Waals surface area contributed by atoms with Crippen LogP contribution in [0.1, 0.15) is 84.7 Å². The standard InChI is InChI=1S/C38H48ClN5O5S/c1-5-44-24-31(21-40-44)38(46)42-50(47)26(3)25(2)9-8-11-35(48-4)33-16-13-30(33)23-43-22-29-12-15-32(39)19-27(29)10-6-7-18-49-36-17-14-28(20-34(36)43)37(45)41-50/h8,11-12,14-15,17,19-21,24-26,30,33,35H,5-7,9-10,13,16,18,22-23H2,1-4H3,(H,41,42,45,46,47)/b11-8+/t25-,26+,30-,33+,35-,50?/m0/s1. The maximum Gasteiger partial charge on any atom is 0.286 e. The molecule has 2 bridgehead atoms. The highest BCUT2D eigenvalue weighted by molar-refractivity contribution is 7.93. The fourth-order valence-electron chi connectivity index (χ4n) is 7.14. The van der Waals surface area contributed by atoms with Crippen molar-refractivity contribution in [2.24, 2.45) is 22.1 Å². The zero-order valence-electron chi connectivity index (χ0n) is 29.3. The van der Waals surface area contributed by atoms with Crippen LogP contribution in [0.15, 0.2) is 65.3 Å². The second kappa shape index (κ2) is 15.7. The van der Waals surface area contributed by atoms with E-state index in [2.05, 4.69) is 43.4 Å². The first-order chi connectivity index (χ1) is 24.1. The molecule has 0 radical (unpaired) electrons. The monoisotopic (exact) mass is 721 g/mol. The lowest BCUT2D eigenvalue weighted by Crippen LogP contribution is -2.43. The summed E-state index contributed by atoms with van der Waals surface area (Å²) < 4.78 is 35.8. The van der Waals surface area contributed by atoms with E-state index < -0.39 is 27.0 Å². The number of benzene rings is 2. The fraction of sp³-hybridized carbons (Fsp3) is 0.500. The summed E-state index contributed by atoms with van der Waals surface area (Å²) in [6.45, 7) is 8.09. The number of methoxy groups -OCH3 is 1. The maximum absolute atomic E-state index is 14.8. The molecule has 0 saturated heterocycles. The number of hydrogen-bond acceptors (Lipinski definition) is 7. The van der Waals surface area contributed by atoms with E-state index in [-0.39, 0.29) is 23.1 Å². The molecule has 1 fully saturated rings. The molecule has 2 amide bonds. The second-order valence-corrected chi connectivity index (χ2v) is 16.5. The van der Waals surface area contributed by atoms with Gasteiger partial charge in [-0.1, -0.05) is 36.7 Å². The Balaban J connectivity index is 1.47. The number of aromatic nitrogens is 2. The SMILES string of the molecule is CCn1cc(C(=O)NS2(=O)=NC(=O)c3ccc4c(c3)N(Cc3ccc(Cl)cc3CCCCO4)C[C@@H]3CC[C@H]3[C@@H](OC)/C=C/C[C@H](C)[C@H]2C)cn1. The number of nitrogens with zero attached hydrogens (tertiary/aromatic N) is 4. The smallest absolute Gasteiger partial charge is 0.286 e. The topological polar surface area (TPSA) is 115 Å². The number of carbonyl (C=O) groups excluding carboxylic acids is 2. The van der Waals surface area contributed by atoms with Gasteiger partial charge in [0.05, 0.1) is 35.4 Å². The van der Waals surface area contributed by atoms with Crippen LogP contribution in [0.25, 0.3) is 0 Å². The van der Waals surface area contributed by atoms with Gasteiger partial charge in [0.25, 0.3) is 11.8 Å². The summed E-state index contributed by atoms with van der Waals surface area (Å²) in [5, 5.41) is 4.25. The predicted octanol–water partition coefficient (Wildman–Crippen LogP) is 7.26. The molecular formula is C38H48ClN5O5S. The van der Waals surface area contributed by atoms with Gasteiger partial charge in [0, 0.05) is 43.5 Å². The first-order valence-electron chi connectivity index (χ1n) is 17.7. The molecule has 6 atom stereocenters. The Hall–Kier alpha value is -3.67. The number of hydrogen-bond donors (Lipinski definition) is 1. The molecule has 50 heavy (non-hydrogen) atoms. The van der Waals surface area contributed by atoms with Gasteiger partial charge in [-0.3, -0.25) is 19.0 Å². The zero-order valence-corrected chi connectivity index (χ0v) is 30.9. The lowest BCUT2D eigenvalue weighted by atomic mass is 9.70. The average molecular weight is 722 g/mol. The largest absolute Gasteiger partial charge is 0.491 e. The first kappa shape index (κ1) is 36.1. The third kappa shape index (κ3) is 7.95. The van der Waals surface area contributed by atoms with Crippen molar-refractivity contribution in [1.29, 1.82) is 0 Å². The van der Waals surface area contributed by atoms with Crippen molar-refractivity contribution < 1.29 is 23.3 Å². The van der Waals surface area contributed by atoms with E-state index in [9.17, 15) is 13.8 Å². The summed E-state index contributed by atoms with van der Waals surface area (Å²) in [7, 11) is -1.85. The van der Waals surface area contributed by atoms with Gasteiger partial charge in [0.1, 0.15) is 15.7 Å². The molecule has 10 nitrogen and oxygen atoms in total. The molecule has 0 spiro atoms. The minimum Gasteiger partial charge on any atom is -0.491 e. The predicted molar refractivity (Wildman–Crippen MR) is 197 cm³/mol. The number of allylic oxidation sites excluding steroid dienone is 1. The summed E-state index contributed by atoms with van der Waals surface area (Å²) in [6, 6.07) is 11.4. The van der Waals surface area contributed by atoms with Crippen molar-refractivity contribution >= 4 is 39.0 Å². The number of ether oxygens (including phenoxy) is 2. The van der Waals surface area contributed by atoms with Gasteiger partial charge >= 0.3 is 0 Å². The average Bonchev–Trinajstić information content (AvgIpc) is 3.57. The van der Waals surface area contributed by atoms with Crippen molar-refractivity contribution in [3.05, 3.63) is 88.2 Å². The van der Waals surface area contributed by atoms with Crippen LogP contribution in [-0.4, -0.2) is 57.4 Å². The molecule has 6 rings (SSSR count). The van der Waals surface area contributed by atoms with Crippen LogP contribution in [-0.2, 0) is 34.2 Å². The molecule has 3 aromatic rings. The number of rotatable bonds is 4. The number of carbonyl (C=O) groups is 2. The highest BCUT2D eigenvalue weighted by atomic mass is 35.5. The Morgan fingerprint density at radius 2 is 1.98 bits per heavy atom. The lowest BCUT2D eigenvalue weighted by molar-refractivity contribution is 0.0133. The lowest BCUT2D eigenvalue weighted by Gasteiger charge is -2.43. The third-order valence-electron chi connectivity index (χ3n) is 10.6. The van der Waals surface area contributed by atoms with Gasteiger partial charge in [0.2, 0.25) is 0 Å². The fourth-order valence-corrected chi connectivity index (χ4v) is 9.21. The van der Waals surface area contributed by atoms with Gasteiger partial charge in [0.15, 0.2) is 0 Å². The molecular weight excluding hydrogens is 674 g/mol. The molecule has 1 aliphatic carbocycles. The number of halogens is 1. The molecule has 3 heterocycles. The quantitative estimate of drug-likeness (QED) is 0.282. The molecule has 1 saturated carbocycles.